The van der Waals surface area contributed by atoms with Crippen LogP contribution < -0.4 is 5.32 Å². The third-order valence-electron chi connectivity index (χ3n) is 2.84. The maximum atomic E-state index is 9.02. The first-order valence-corrected chi connectivity index (χ1v) is 6.33. The van der Waals surface area contributed by atoms with E-state index in [2.05, 4.69) is 47.0 Å². The molecule has 0 radical (unpaired) electrons. The van der Waals surface area contributed by atoms with Crippen LogP contribution in [0.1, 0.15) is 32.2 Å². The Morgan fingerprint density at radius 1 is 1.44 bits per heavy atom. The first-order chi connectivity index (χ1) is 8.60. The van der Waals surface area contributed by atoms with Crippen molar-refractivity contribution in [3.8, 4) is 6.07 Å². The molecular weight excluding hydrogens is 226 g/mol. The Kier molecular flexibility index (Phi) is 5.53. The molecule has 0 saturated heterocycles. The molecule has 0 aliphatic rings. The van der Waals surface area contributed by atoms with Crippen LogP contribution in [0.4, 0.5) is 5.82 Å². The van der Waals surface area contributed by atoms with Crippen molar-refractivity contribution in [1.29, 1.82) is 5.26 Å². The zero-order chi connectivity index (χ0) is 13.5. The van der Waals surface area contributed by atoms with Crippen LogP contribution in [0.2, 0.25) is 0 Å². The Bertz CT molecular complexity index is 420. The summed E-state index contributed by atoms with van der Waals surface area (Å²) in [4.78, 5) is 10.6. The number of likely N-dealkylation sites (N-methyl/N-ethyl adjacent to an activating group) is 1. The molecular formula is C13H21N5. The Morgan fingerprint density at radius 3 is 2.67 bits per heavy atom. The molecule has 1 heterocycles. The van der Waals surface area contributed by atoms with E-state index >= 15 is 0 Å². The molecule has 0 bridgehead atoms. The third-order valence-corrected chi connectivity index (χ3v) is 2.84. The van der Waals surface area contributed by atoms with E-state index in [4.69, 9.17) is 5.26 Å². The number of hydrogen-bond acceptors (Lipinski definition) is 5. The molecule has 5 heteroatoms. The van der Waals surface area contributed by atoms with Gasteiger partial charge in [0.15, 0.2) is 0 Å². The summed E-state index contributed by atoms with van der Waals surface area (Å²) < 4.78 is 0. The Balaban J connectivity index is 2.72. The predicted octanol–water partition coefficient (Wildman–Crippen LogP) is 1.80. The van der Waals surface area contributed by atoms with Crippen molar-refractivity contribution in [3.05, 3.63) is 17.6 Å². The fourth-order valence-corrected chi connectivity index (χ4v) is 1.81. The van der Waals surface area contributed by atoms with E-state index in [9.17, 15) is 0 Å². The fourth-order valence-electron chi connectivity index (χ4n) is 1.81. The molecule has 98 valence electrons. The highest BCUT2D eigenvalue weighted by molar-refractivity contribution is 5.50. The first kappa shape index (κ1) is 14.4. The van der Waals surface area contributed by atoms with Crippen LogP contribution in [0.5, 0.6) is 0 Å². The number of rotatable bonds is 6. The van der Waals surface area contributed by atoms with Crippen molar-refractivity contribution in [1.82, 2.24) is 14.9 Å². The highest BCUT2D eigenvalue weighted by Crippen LogP contribution is 2.11. The van der Waals surface area contributed by atoms with Crippen molar-refractivity contribution < 1.29 is 0 Å². The van der Waals surface area contributed by atoms with E-state index in [1.807, 2.05) is 6.92 Å². The SMILES string of the molecule is CCN(CC)CC(C)Nc1nc(C)ncc1C#N. The van der Waals surface area contributed by atoms with Gasteiger partial charge in [0.1, 0.15) is 23.3 Å². The molecule has 0 saturated carbocycles. The summed E-state index contributed by atoms with van der Waals surface area (Å²) >= 11 is 0. The van der Waals surface area contributed by atoms with E-state index in [1.165, 1.54) is 0 Å². The Labute approximate surface area is 109 Å². The lowest BCUT2D eigenvalue weighted by atomic mass is 10.2. The number of nitrogens with zero attached hydrogens (tertiary/aromatic N) is 4. The summed E-state index contributed by atoms with van der Waals surface area (Å²) in [5.41, 5.74) is 0.493. The molecule has 18 heavy (non-hydrogen) atoms. The molecule has 0 aromatic carbocycles. The molecule has 0 amide bonds. The molecule has 0 aliphatic carbocycles. The van der Waals surface area contributed by atoms with Gasteiger partial charge in [0.2, 0.25) is 0 Å². The predicted molar refractivity (Wildman–Crippen MR) is 72.4 cm³/mol. The number of aromatic nitrogens is 2. The number of anilines is 1. The molecule has 0 fully saturated rings. The summed E-state index contributed by atoms with van der Waals surface area (Å²) in [6, 6.07) is 2.35. The lowest BCUT2D eigenvalue weighted by Crippen LogP contribution is -2.35. The van der Waals surface area contributed by atoms with Gasteiger partial charge < -0.3 is 10.2 Å². The second kappa shape index (κ2) is 6.92. The van der Waals surface area contributed by atoms with Gasteiger partial charge in [-0.1, -0.05) is 13.8 Å². The minimum absolute atomic E-state index is 0.242. The summed E-state index contributed by atoms with van der Waals surface area (Å²) in [6.45, 7) is 11.2. The lowest BCUT2D eigenvalue weighted by molar-refractivity contribution is 0.294. The second-order valence-electron chi connectivity index (χ2n) is 4.32. The zero-order valence-corrected chi connectivity index (χ0v) is 11.6. The molecule has 0 aliphatic heterocycles. The molecule has 1 unspecified atom stereocenters. The summed E-state index contributed by atoms with van der Waals surface area (Å²) in [7, 11) is 0. The van der Waals surface area contributed by atoms with Gasteiger partial charge in [-0.05, 0) is 26.9 Å². The van der Waals surface area contributed by atoms with E-state index in [-0.39, 0.29) is 6.04 Å². The van der Waals surface area contributed by atoms with Crippen molar-refractivity contribution >= 4 is 5.82 Å². The van der Waals surface area contributed by atoms with Crippen LogP contribution in [-0.2, 0) is 0 Å². The molecule has 1 rings (SSSR count). The van der Waals surface area contributed by atoms with E-state index in [0.717, 1.165) is 19.6 Å². The van der Waals surface area contributed by atoms with Gasteiger partial charge in [-0.3, -0.25) is 0 Å². The van der Waals surface area contributed by atoms with Crippen LogP contribution in [0.15, 0.2) is 6.20 Å². The minimum atomic E-state index is 0.242. The lowest BCUT2D eigenvalue weighted by Gasteiger charge is -2.24. The van der Waals surface area contributed by atoms with Gasteiger partial charge in [0.05, 0.1) is 6.20 Å². The summed E-state index contributed by atoms with van der Waals surface area (Å²) in [6.07, 6.45) is 1.56. The number of hydrogen-bond donors (Lipinski definition) is 1. The molecule has 5 nitrogen and oxygen atoms in total. The average molecular weight is 247 g/mol. The number of nitrogens with one attached hydrogen (secondary N) is 1. The van der Waals surface area contributed by atoms with Crippen molar-refractivity contribution in [3.63, 3.8) is 0 Å². The van der Waals surface area contributed by atoms with Gasteiger partial charge in [-0.25, -0.2) is 9.97 Å². The van der Waals surface area contributed by atoms with Crippen LogP contribution in [0.3, 0.4) is 0 Å². The van der Waals surface area contributed by atoms with Gasteiger partial charge in [-0.15, -0.1) is 0 Å². The smallest absolute Gasteiger partial charge is 0.147 e. The molecule has 1 atom stereocenters. The third kappa shape index (κ3) is 3.97. The largest absolute Gasteiger partial charge is 0.365 e. The van der Waals surface area contributed by atoms with Crippen molar-refractivity contribution in [2.24, 2.45) is 0 Å². The molecule has 1 aromatic rings. The van der Waals surface area contributed by atoms with Gasteiger partial charge in [0.25, 0.3) is 0 Å². The van der Waals surface area contributed by atoms with E-state index in [1.54, 1.807) is 6.20 Å². The first-order valence-electron chi connectivity index (χ1n) is 6.33. The number of nitriles is 1. The zero-order valence-electron chi connectivity index (χ0n) is 11.6. The van der Waals surface area contributed by atoms with Crippen molar-refractivity contribution in [2.75, 3.05) is 25.0 Å². The summed E-state index contributed by atoms with van der Waals surface area (Å²) in [5, 5.41) is 12.3. The van der Waals surface area contributed by atoms with E-state index < -0.39 is 0 Å². The minimum Gasteiger partial charge on any atom is -0.365 e. The van der Waals surface area contributed by atoms with Crippen LogP contribution in [0, 0.1) is 18.3 Å². The molecule has 1 aromatic heterocycles. The maximum Gasteiger partial charge on any atom is 0.147 e. The van der Waals surface area contributed by atoms with Crippen LogP contribution in [0.25, 0.3) is 0 Å². The van der Waals surface area contributed by atoms with E-state index in [0.29, 0.717) is 17.2 Å². The van der Waals surface area contributed by atoms with Crippen molar-refractivity contribution in [2.45, 2.75) is 33.7 Å². The number of aryl methyl sites for hydroxylation is 1. The average Bonchev–Trinajstić information content (AvgIpc) is 2.36. The monoisotopic (exact) mass is 247 g/mol. The van der Waals surface area contributed by atoms with Crippen LogP contribution >= 0.6 is 0 Å². The Morgan fingerprint density at radius 2 is 2.11 bits per heavy atom. The normalized spacial score (nSPS) is 12.2. The van der Waals surface area contributed by atoms with Gasteiger partial charge >= 0.3 is 0 Å². The van der Waals surface area contributed by atoms with Gasteiger partial charge in [-0.2, -0.15) is 5.26 Å². The second-order valence-corrected chi connectivity index (χ2v) is 4.32. The fraction of sp³-hybridized carbons (Fsp3) is 0.615. The van der Waals surface area contributed by atoms with Gasteiger partial charge in [0, 0.05) is 12.6 Å². The topological polar surface area (TPSA) is 64.8 Å². The quantitative estimate of drug-likeness (QED) is 0.830. The summed E-state index contributed by atoms with van der Waals surface area (Å²) in [5.74, 6) is 1.30. The molecule has 0 spiro atoms. The Hall–Kier alpha value is -1.67. The molecule has 1 N–H and O–H groups in total. The standard InChI is InChI=1S/C13H21N5/c1-5-18(6-2)9-10(3)16-13-12(7-14)8-15-11(4)17-13/h8,10H,5-6,9H2,1-4H3,(H,15,16,17). The maximum absolute atomic E-state index is 9.02. The highest BCUT2D eigenvalue weighted by atomic mass is 15.2. The van der Waals surface area contributed by atoms with Crippen LogP contribution in [-0.4, -0.2) is 40.5 Å². The highest BCUT2D eigenvalue weighted by Gasteiger charge is 2.11.